The van der Waals surface area contributed by atoms with Crippen molar-refractivity contribution in [2.45, 2.75) is 70.4 Å². The Balaban J connectivity index is 2.03. The van der Waals surface area contributed by atoms with Crippen molar-refractivity contribution in [2.75, 3.05) is 6.54 Å². The fourth-order valence-corrected chi connectivity index (χ4v) is 3.30. The van der Waals surface area contributed by atoms with Crippen LogP contribution >= 0.6 is 0 Å². The van der Waals surface area contributed by atoms with Gasteiger partial charge in [0.25, 0.3) is 0 Å². The molecule has 4 heteroatoms. The Morgan fingerprint density at radius 3 is 2.06 bits per heavy atom. The number of nitrogens with two attached hydrogens (primary N) is 1. The molecule has 2 aliphatic carbocycles. The topological polar surface area (TPSA) is 64.3 Å². The van der Waals surface area contributed by atoms with Crippen LogP contribution in [0.4, 0.5) is 4.79 Å². The van der Waals surface area contributed by atoms with Gasteiger partial charge in [0.15, 0.2) is 0 Å². The Morgan fingerprint density at radius 2 is 1.78 bits per heavy atom. The average molecular weight is 254 g/mol. The molecule has 0 bridgehead atoms. The molecule has 0 radical (unpaired) electrons. The summed E-state index contributed by atoms with van der Waals surface area (Å²) in [5.74, 6) is 0. The molecule has 104 valence electrons. The van der Waals surface area contributed by atoms with E-state index >= 15 is 0 Å². The molecule has 0 heterocycles. The van der Waals surface area contributed by atoms with E-state index in [1.807, 2.05) is 20.8 Å². The molecule has 0 aromatic heterocycles. The number of nitrogens with one attached hydrogen (secondary N) is 1. The maximum Gasteiger partial charge on any atom is 0.408 e. The van der Waals surface area contributed by atoms with Gasteiger partial charge in [0.2, 0.25) is 0 Å². The zero-order valence-electron chi connectivity index (χ0n) is 11.8. The second-order valence-electron chi connectivity index (χ2n) is 6.90. The molecule has 1 amide bonds. The lowest BCUT2D eigenvalue weighted by Crippen LogP contribution is -2.68. The number of alkyl carbamates (subject to hydrolysis) is 1. The monoisotopic (exact) mass is 254 g/mol. The van der Waals surface area contributed by atoms with Gasteiger partial charge in [0.05, 0.1) is 5.54 Å². The van der Waals surface area contributed by atoms with E-state index in [2.05, 4.69) is 5.32 Å². The minimum absolute atomic E-state index is 0.0949. The van der Waals surface area contributed by atoms with Crippen LogP contribution in [0.15, 0.2) is 0 Å². The molecule has 2 aliphatic rings. The van der Waals surface area contributed by atoms with Gasteiger partial charge in [0.1, 0.15) is 5.60 Å². The normalized spacial score (nSPS) is 24.7. The number of hydrogen-bond acceptors (Lipinski definition) is 3. The standard InChI is InChI=1S/C14H26N2O2/c1-12(2,3)18-11(17)16-14(8-5-9-14)13(10-15)6-4-7-13/h4-10,15H2,1-3H3,(H,16,17). The van der Waals surface area contributed by atoms with Crippen LogP contribution in [-0.4, -0.2) is 23.8 Å². The smallest absolute Gasteiger partial charge is 0.408 e. The first-order valence-corrected chi connectivity index (χ1v) is 7.04. The Labute approximate surface area is 110 Å². The quantitative estimate of drug-likeness (QED) is 0.813. The Bertz CT molecular complexity index is 320. The molecule has 2 fully saturated rings. The Kier molecular flexibility index (Phi) is 3.34. The van der Waals surface area contributed by atoms with Gasteiger partial charge in [0, 0.05) is 12.0 Å². The third kappa shape index (κ3) is 2.22. The summed E-state index contributed by atoms with van der Waals surface area (Å²) >= 11 is 0. The third-order valence-corrected chi connectivity index (χ3v) is 4.66. The van der Waals surface area contributed by atoms with Crippen LogP contribution in [0.2, 0.25) is 0 Å². The van der Waals surface area contributed by atoms with Gasteiger partial charge >= 0.3 is 6.09 Å². The van der Waals surface area contributed by atoms with Crippen molar-refractivity contribution in [3.63, 3.8) is 0 Å². The first-order chi connectivity index (χ1) is 8.33. The molecule has 0 unspecified atom stereocenters. The van der Waals surface area contributed by atoms with Gasteiger partial charge in [-0.05, 0) is 52.9 Å². The molecule has 0 aliphatic heterocycles. The number of carbonyl (C=O) groups excluding carboxylic acids is 1. The summed E-state index contributed by atoms with van der Waals surface area (Å²) < 4.78 is 5.39. The molecule has 3 N–H and O–H groups in total. The van der Waals surface area contributed by atoms with Gasteiger partial charge < -0.3 is 15.8 Å². The van der Waals surface area contributed by atoms with Crippen molar-refractivity contribution in [3.8, 4) is 0 Å². The Morgan fingerprint density at radius 1 is 1.22 bits per heavy atom. The third-order valence-electron chi connectivity index (χ3n) is 4.66. The first-order valence-electron chi connectivity index (χ1n) is 7.04. The maximum absolute atomic E-state index is 12.0. The maximum atomic E-state index is 12.0. The van der Waals surface area contributed by atoms with E-state index in [9.17, 15) is 4.79 Å². The summed E-state index contributed by atoms with van der Waals surface area (Å²) in [6.45, 7) is 6.34. The highest BCUT2D eigenvalue weighted by Gasteiger charge is 2.57. The molecule has 0 saturated heterocycles. The van der Waals surface area contributed by atoms with E-state index in [0.717, 1.165) is 25.7 Å². The van der Waals surface area contributed by atoms with E-state index < -0.39 is 5.60 Å². The Hall–Kier alpha value is -0.770. The second kappa shape index (κ2) is 4.41. The lowest BCUT2D eigenvalue weighted by Gasteiger charge is -2.60. The van der Waals surface area contributed by atoms with Crippen LogP contribution in [0.3, 0.4) is 0 Å². The summed E-state index contributed by atoms with van der Waals surface area (Å²) in [6, 6.07) is 0. The fourth-order valence-electron chi connectivity index (χ4n) is 3.30. The molecule has 2 rings (SSSR count). The number of ether oxygens (including phenoxy) is 1. The predicted molar refractivity (Wildman–Crippen MR) is 71.3 cm³/mol. The van der Waals surface area contributed by atoms with Crippen LogP contribution in [0.25, 0.3) is 0 Å². The van der Waals surface area contributed by atoms with Crippen LogP contribution in [0.1, 0.15) is 59.3 Å². The number of rotatable bonds is 3. The van der Waals surface area contributed by atoms with Crippen molar-refractivity contribution in [1.29, 1.82) is 0 Å². The molecule has 18 heavy (non-hydrogen) atoms. The van der Waals surface area contributed by atoms with E-state index in [-0.39, 0.29) is 17.0 Å². The van der Waals surface area contributed by atoms with Gasteiger partial charge in [-0.3, -0.25) is 0 Å². The fraction of sp³-hybridized carbons (Fsp3) is 0.929. The molecule has 4 nitrogen and oxygen atoms in total. The molecular weight excluding hydrogens is 228 g/mol. The van der Waals surface area contributed by atoms with Gasteiger partial charge in [-0.15, -0.1) is 0 Å². The van der Waals surface area contributed by atoms with Crippen molar-refractivity contribution < 1.29 is 9.53 Å². The highest BCUT2D eigenvalue weighted by molar-refractivity contribution is 5.69. The number of hydrogen-bond donors (Lipinski definition) is 2. The molecule has 0 aromatic rings. The zero-order valence-corrected chi connectivity index (χ0v) is 11.8. The van der Waals surface area contributed by atoms with Crippen LogP contribution < -0.4 is 11.1 Å². The highest BCUT2D eigenvalue weighted by atomic mass is 16.6. The van der Waals surface area contributed by atoms with Gasteiger partial charge in [-0.25, -0.2) is 4.79 Å². The van der Waals surface area contributed by atoms with Crippen LogP contribution in [0.5, 0.6) is 0 Å². The molecule has 0 atom stereocenters. The number of amides is 1. The lowest BCUT2D eigenvalue weighted by atomic mass is 9.50. The molecule has 2 saturated carbocycles. The second-order valence-corrected chi connectivity index (χ2v) is 6.90. The summed E-state index contributed by atoms with van der Waals surface area (Å²) in [5, 5.41) is 3.14. The van der Waals surface area contributed by atoms with E-state index in [1.54, 1.807) is 0 Å². The largest absolute Gasteiger partial charge is 0.444 e. The summed E-state index contributed by atoms with van der Waals surface area (Å²) in [6.07, 6.45) is 6.49. The minimum Gasteiger partial charge on any atom is -0.444 e. The van der Waals surface area contributed by atoms with Gasteiger partial charge in [-0.2, -0.15) is 0 Å². The SMILES string of the molecule is CC(C)(C)OC(=O)NC1(C2(CN)CCC2)CCC1. The van der Waals surface area contributed by atoms with E-state index in [4.69, 9.17) is 10.5 Å². The highest BCUT2D eigenvalue weighted by Crippen LogP contribution is 2.56. The number of carbonyl (C=O) groups is 1. The summed E-state index contributed by atoms with van der Waals surface area (Å²) in [7, 11) is 0. The summed E-state index contributed by atoms with van der Waals surface area (Å²) in [5.41, 5.74) is 5.57. The molecule has 0 aromatic carbocycles. The van der Waals surface area contributed by atoms with Crippen molar-refractivity contribution in [2.24, 2.45) is 11.1 Å². The average Bonchev–Trinajstić information content (AvgIpc) is 2.09. The van der Waals surface area contributed by atoms with Gasteiger partial charge in [-0.1, -0.05) is 6.42 Å². The van der Waals surface area contributed by atoms with Crippen molar-refractivity contribution in [1.82, 2.24) is 5.32 Å². The van der Waals surface area contributed by atoms with E-state index in [0.29, 0.717) is 6.54 Å². The van der Waals surface area contributed by atoms with Crippen LogP contribution in [-0.2, 0) is 4.74 Å². The van der Waals surface area contributed by atoms with Crippen molar-refractivity contribution in [3.05, 3.63) is 0 Å². The lowest BCUT2D eigenvalue weighted by molar-refractivity contribution is -0.0495. The van der Waals surface area contributed by atoms with Crippen LogP contribution in [0, 0.1) is 5.41 Å². The van der Waals surface area contributed by atoms with E-state index in [1.165, 1.54) is 12.8 Å². The summed E-state index contributed by atoms with van der Waals surface area (Å²) in [4.78, 5) is 12.0. The molecule has 0 spiro atoms. The minimum atomic E-state index is -0.440. The predicted octanol–water partition coefficient (Wildman–Crippen LogP) is 2.56. The van der Waals surface area contributed by atoms with Crippen molar-refractivity contribution >= 4 is 6.09 Å². The first kappa shape index (κ1) is 13.7. The molecular formula is C14H26N2O2. The zero-order chi connectivity index (χ0) is 13.4.